The largest absolute Gasteiger partial charge is 0.369 e. The molecule has 2 fully saturated rings. The highest BCUT2D eigenvalue weighted by Gasteiger charge is 2.57. The summed E-state index contributed by atoms with van der Waals surface area (Å²) in [5.41, 5.74) is 3.66. The number of aromatic nitrogens is 1. The second-order valence-electron chi connectivity index (χ2n) is 8.54. The van der Waals surface area contributed by atoms with Crippen molar-refractivity contribution in [2.45, 2.75) is 12.3 Å². The highest BCUT2D eigenvalue weighted by atomic mass is 32.2. The highest BCUT2D eigenvalue weighted by Crippen LogP contribution is 2.52. The number of fused-ring (bicyclic) bond motifs is 1. The van der Waals surface area contributed by atoms with E-state index in [-0.39, 0.29) is 6.42 Å². The Kier molecular flexibility index (Phi) is 5.25. The first kappa shape index (κ1) is 21.7. The smallest absolute Gasteiger partial charge is 0.253 e. The molecular formula is C21H25F2N5O2S2. The van der Waals surface area contributed by atoms with Crippen molar-refractivity contribution < 1.29 is 17.2 Å². The van der Waals surface area contributed by atoms with Crippen molar-refractivity contribution in [1.29, 1.82) is 0 Å². The molecule has 2 aliphatic heterocycles. The van der Waals surface area contributed by atoms with Crippen LogP contribution in [0.3, 0.4) is 0 Å². The number of hydrogen-bond acceptors (Lipinski definition) is 7. The number of alkyl halides is 2. The number of hydrogen-bond donors (Lipinski definition) is 0. The Balaban J connectivity index is 1.34. The lowest BCUT2D eigenvalue weighted by atomic mass is 10.1. The van der Waals surface area contributed by atoms with Crippen LogP contribution in [-0.4, -0.2) is 69.7 Å². The third kappa shape index (κ3) is 4.13. The van der Waals surface area contributed by atoms with Gasteiger partial charge in [-0.1, -0.05) is 12.1 Å². The van der Waals surface area contributed by atoms with E-state index in [1.54, 1.807) is 0 Å². The van der Waals surface area contributed by atoms with Gasteiger partial charge in [0.2, 0.25) is 10.0 Å². The summed E-state index contributed by atoms with van der Waals surface area (Å²) in [5.74, 6) is -2.36. The Morgan fingerprint density at radius 3 is 2.53 bits per heavy atom. The molecule has 0 radical (unpaired) electrons. The molecule has 7 nitrogen and oxygen atoms in total. The van der Waals surface area contributed by atoms with Crippen LogP contribution in [0.5, 0.6) is 0 Å². The molecule has 5 rings (SSSR count). The van der Waals surface area contributed by atoms with Gasteiger partial charge < -0.3 is 4.90 Å². The van der Waals surface area contributed by atoms with Crippen LogP contribution in [0.2, 0.25) is 0 Å². The van der Waals surface area contributed by atoms with Crippen molar-refractivity contribution >= 4 is 39.3 Å². The average molecular weight is 482 g/mol. The molecule has 0 spiro atoms. The molecule has 0 bridgehead atoms. The second kappa shape index (κ2) is 7.74. The Bertz CT molecular complexity index is 1140. The van der Waals surface area contributed by atoms with Crippen LogP contribution in [0.15, 0.2) is 36.4 Å². The monoisotopic (exact) mass is 481 g/mol. The van der Waals surface area contributed by atoms with Crippen LogP contribution in [0, 0.1) is 5.92 Å². The van der Waals surface area contributed by atoms with Crippen molar-refractivity contribution in [3.63, 3.8) is 0 Å². The van der Waals surface area contributed by atoms with Crippen LogP contribution in [-0.2, 0) is 10.0 Å². The minimum atomic E-state index is -3.16. The van der Waals surface area contributed by atoms with Crippen LogP contribution in [0.1, 0.15) is 6.42 Å². The van der Waals surface area contributed by atoms with E-state index < -0.39 is 21.9 Å². The molecule has 1 saturated heterocycles. The first-order valence-corrected chi connectivity index (χ1v) is 13.1. The number of halogens is 2. The molecule has 3 heterocycles. The lowest BCUT2D eigenvalue weighted by molar-refractivity contribution is 0.101. The van der Waals surface area contributed by atoms with E-state index in [4.69, 9.17) is 4.98 Å². The molecule has 172 valence electrons. The maximum absolute atomic E-state index is 13.4. The van der Waals surface area contributed by atoms with E-state index >= 15 is 0 Å². The number of nitrogens with zero attached hydrogens (tertiary/aromatic N) is 5. The van der Waals surface area contributed by atoms with Gasteiger partial charge in [0.05, 0.1) is 29.8 Å². The summed E-state index contributed by atoms with van der Waals surface area (Å²) in [5, 5.41) is 0. The van der Waals surface area contributed by atoms with Gasteiger partial charge >= 0.3 is 0 Å². The van der Waals surface area contributed by atoms with Gasteiger partial charge in [0.25, 0.3) is 5.92 Å². The van der Waals surface area contributed by atoms with Crippen molar-refractivity contribution in [1.82, 2.24) is 9.29 Å². The maximum Gasteiger partial charge on any atom is 0.253 e. The Labute approximate surface area is 191 Å². The SMILES string of the molecule is CN1SN(CC2CC2(F)F)c2ccc(-c3cccc(N4CCN(S(C)(=O)=O)CC4)c3)nc21. The zero-order valence-corrected chi connectivity index (χ0v) is 19.5. The fraction of sp³-hybridized carbons (Fsp3) is 0.476. The van der Waals surface area contributed by atoms with Crippen LogP contribution in [0.4, 0.5) is 26.0 Å². The van der Waals surface area contributed by atoms with Crippen LogP contribution in [0.25, 0.3) is 11.3 Å². The molecule has 0 N–H and O–H groups in total. The number of anilines is 3. The predicted octanol–water partition coefficient (Wildman–Crippen LogP) is 3.30. The minimum absolute atomic E-state index is 0.0418. The number of pyridine rings is 1. The summed E-state index contributed by atoms with van der Waals surface area (Å²) >= 11 is 1.40. The third-order valence-corrected chi connectivity index (χ3v) is 8.46. The Morgan fingerprint density at radius 1 is 1.16 bits per heavy atom. The quantitative estimate of drug-likeness (QED) is 0.608. The van der Waals surface area contributed by atoms with Gasteiger partial charge in [-0.3, -0.25) is 8.61 Å². The molecule has 1 unspecified atom stereocenters. The minimum Gasteiger partial charge on any atom is -0.369 e. The van der Waals surface area contributed by atoms with E-state index in [9.17, 15) is 17.2 Å². The number of sulfonamides is 1. The summed E-state index contributed by atoms with van der Waals surface area (Å²) in [6, 6.07) is 11.9. The lowest BCUT2D eigenvalue weighted by Crippen LogP contribution is -2.48. The molecule has 1 aromatic carbocycles. The Hall–Kier alpha value is -2.11. The van der Waals surface area contributed by atoms with E-state index in [0.717, 1.165) is 28.5 Å². The third-order valence-electron chi connectivity index (χ3n) is 6.20. The molecule has 1 saturated carbocycles. The van der Waals surface area contributed by atoms with Gasteiger partial charge in [0, 0.05) is 63.4 Å². The summed E-state index contributed by atoms with van der Waals surface area (Å²) in [6.45, 7) is 2.52. The molecule has 0 amide bonds. The van der Waals surface area contributed by atoms with Gasteiger partial charge in [0.15, 0.2) is 5.82 Å². The fourth-order valence-corrected chi connectivity index (χ4v) is 6.01. The van der Waals surface area contributed by atoms with E-state index in [2.05, 4.69) is 11.0 Å². The van der Waals surface area contributed by atoms with E-state index in [1.807, 2.05) is 46.0 Å². The maximum atomic E-state index is 13.4. The summed E-state index contributed by atoms with van der Waals surface area (Å²) in [4.78, 5) is 7.00. The van der Waals surface area contributed by atoms with Gasteiger partial charge in [-0.05, 0) is 24.3 Å². The molecule has 1 atom stereocenters. The molecule has 32 heavy (non-hydrogen) atoms. The summed E-state index contributed by atoms with van der Waals surface area (Å²) in [6.07, 6.45) is 1.20. The summed E-state index contributed by atoms with van der Waals surface area (Å²) < 4.78 is 55.6. The number of rotatable bonds is 5. The zero-order valence-electron chi connectivity index (χ0n) is 17.9. The average Bonchev–Trinajstić information content (AvgIpc) is 3.24. The van der Waals surface area contributed by atoms with Crippen molar-refractivity contribution in [3.8, 4) is 11.3 Å². The number of benzene rings is 1. The molecule has 11 heteroatoms. The number of piperazine rings is 1. The molecular weight excluding hydrogens is 456 g/mol. The topological polar surface area (TPSA) is 60.0 Å². The predicted molar refractivity (Wildman–Crippen MR) is 125 cm³/mol. The van der Waals surface area contributed by atoms with Gasteiger partial charge in [0.1, 0.15) is 0 Å². The second-order valence-corrected chi connectivity index (χ2v) is 11.7. The van der Waals surface area contributed by atoms with Crippen molar-refractivity contribution in [3.05, 3.63) is 36.4 Å². The zero-order chi connectivity index (χ0) is 22.7. The van der Waals surface area contributed by atoms with E-state index in [0.29, 0.717) is 32.7 Å². The van der Waals surface area contributed by atoms with Gasteiger partial charge in [-0.15, -0.1) is 0 Å². The molecule has 1 aliphatic carbocycles. The summed E-state index contributed by atoms with van der Waals surface area (Å²) in [7, 11) is -1.27. The van der Waals surface area contributed by atoms with Crippen molar-refractivity contribution in [2.75, 3.05) is 59.5 Å². The highest BCUT2D eigenvalue weighted by molar-refractivity contribution is 8.02. The van der Waals surface area contributed by atoms with E-state index in [1.165, 1.54) is 22.7 Å². The first-order chi connectivity index (χ1) is 15.1. The van der Waals surface area contributed by atoms with Crippen LogP contribution >= 0.6 is 12.1 Å². The Morgan fingerprint density at radius 2 is 1.88 bits per heavy atom. The molecule has 3 aliphatic rings. The van der Waals surface area contributed by atoms with Gasteiger partial charge in [-0.25, -0.2) is 22.2 Å². The van der Waals surface area contributed by atoms with Gasteiger partial charge in [-0.2, -0.15) is 4.31 Å². The fourth-order valence-electron chi connectivity index (χ4n) is 4.20. The first-order valence-electron chi connectivity index (χ1n) is 10.5. The lowest BCUT2D eigenvalue weighted by Gasteiger charge is -2.34. The molecule has 1 aromatic heterocycles. The van der Waals surface area contributed by atoms with Crippen molar-refractivity contribution in [2.24, 2.45) is 5.92 Å². The normalized spacial score (nSPS) is 22.9. The van der Waals surface area contributed by atoms with Crippen LogP contribution < -0.4 is 13.5 Å². The standard InChI is InChI=1S/C21H25F2N5O2S2/c1-25-20-19(28(31-25)14-16-13-21(16,22)23)7-6-18(24-20)15-4-3-5-17(12-15)26-8-10-27(11-9-26)32(2,29)30/h3-7,12,16H,8-11,13-14H2,1-2H3. The molecule has 2 aromatic rings.